The second-order valence-corrected chi connectivity index (χ2v) is 5.60. The summed E-state index contributed by atoms with van der Waals surface area (Å²) >= 11 is 0. The van der Waals surface area contributed by atoms with E-state index in [1.54, 1.807) is 0 Å². The summed E-state index contributed by atoms with van der Waals surface area (Å²) in [5.74, 6) is 0. The molecule has 2 bridgehead atoms. The zero-order valence-corrected chi connectivity index (χ0v) is 10.8. The molecule has 2 aromatic carbocycles. The molecule has 0 aliphatic carbocycles. The van der Waals surface area contributed by atoms with Crippen molar-refractivity contribution in [3.63, 3.8) is 0 Å². The van der Waals surface area contributed by atoms with Crippen LogP contribution < -0.4 is 5.32 Å². The number of nitrogens with one attached hydrogen (secondary N) is 1. The first-order valence-electron chi connectivity index (χ1n) is 6.63. The van der Waals surface area contributed by atoms with Crippen LogP contribution in [0.4, 0.5) is 0 Å². The van der Waals surface area contributed by atoms with E-state index in [0.29, 0.717) is 6.04 Å². The van der Waals surface area contributed by atoms with Crippen LogP contribution in [0.25, 0.3) is 0 Å². The van der Waals surface area contributed by atoms with Crippen LogP contribution in [0.3, 0.4) is 0 Å². The summed E-state index contributed by atoms with van der Waals surface area (Å²) in [7, 11) is 0. The summed E-state index contributed by atoms with van der Waals surface area (Å²) in [6.45, 7) is 2.23. The van der Waals surface area contributed by atoms with E-state index in [1.807, 2.05) is 12.1 Å². The Hall–Kier alpha value is -2.11. The van der Waals surface area contributed by atoms with E-state index in [1.165, 1.54) is 22.3 Å². The van der Waals surface area contributed by atoms with Crippen molar-refractivity contribution in [1.29, 1.82) is 5.26 Å². The molecule has 2 unspecified atom stereocenters. The Bertz CT molecular complexity index is 726. The molecule has 0 saturated carbocycles. The molecule has 0 aromatic heterocycles. The number of benzene rings is 2. The fourth-order valence-electron chi connectivity index (χ4n) is 3.65. The molecular weight excluding hydrogens is 232 g/mol. The van der Waals surface area contributed by atoms with Crippen LogP contribution in [-0.2, 0) is 12.0 Å². The summed E-state index contributed by atoms with van der Waals surface area (Å²) in [4.78, 5) is 0. The van der Waals surface area contributed by atoms with Crippen LogP contribution in [0.2, 0.25) is 0 Å². The molecule has 0 saturated heterocycles. The van der Waals surface area contributed by atoms with Gasteiger partial charge in [-0.3, -0.25) is 5.32 Å². The number of hydrogen-bond donors (Lipinski definition) is 1. The molecule has 2 nitrogen and oxygen atoms in total. The van der Waals surface area contributed by atoms with Gasteiger partial charge >= 0.3 is 0 Å². The van der Waals surface area contributed by atoms with Gasteiger partial charge in [0.15, 0.2) is 0 Å². The van der Waals surface area contributed by atoms with Crippen molar-refractivity contribution in [1.82, 2.24) is 5.32 Å². The summed E-state index contributed by atoms with van der Waals surface area (Å²) in [6.07, 6.45) is 1.01. The zero-order chi connectivity index (χ0) is 13.0. The minimum atomic E-state index is -0.151. The van der Waals surface area contributed by atoms with Gasteiger partial charge < -0.3 is 0 Å². The van der Waals surface area contributed by atoms with Crippen molar-refractivity contribution in [2.75, 3.05) is 0 Å². The van der Waals surface area contributed by atoms with Gasteiger partial charge in [-0.05, 0) is 47.7 Å². The van der Waals surface area contributed by atoms with Crippen molar-refractivity contribution in [3.05, 3.63) is 70.3 Å². The molecule has 0 spiro atoms. The lowest BCUT2D eigenvalue weighted by Crippen LogP contribution is -2.41. The van der Waals surface area contributed by atoms with Gasteiger partial charge in [0.1, 0.15) is 0 Å². The molecule has 92 valence electrons. The predicted molar refractivity (Wildman–Crippen MR) is 73.6 cm³/mol. The van der Waals surface area contributed by atoms with Gasteiger partial charge in [-0.25, -0.2) is 0 Å². The van der Waals surface area contributed by atoms with E-state index in [4.69, 9.17) is 5.26 Å². The Morgan fingerprint density at radius 3 is 2.89 bits per heavy atom. The van der Waals surface area contributed by atoms with Gasteiger partial charge in [-0.15, -0.1) is 0 Å². The van der Waals surface area contributed by atoms with E-state index in [0.717, 1.165) is 12.0 Å². The average molecular weight is 246 g/mol. The van der Waals surface area contributed by atoms with E-state index in [2.05, 4.69) is 48.6 Å². The van der Waals surface area contributed by atoms with Crippen molar-refractivity contribution < 1.29 is 0 Å². The fraction of sp³-hybridized carbons (Fsp3) is 0.235. The molecule has 0 radical (unpaired) electrons. The van der Waals surface area contributed by atoms with Crippen LogP contribution >= 0.6 is 0 Å². The smallest absolute Gasteiger partial charge is 0.0991 e. The summed E-state index contributed by atoms with van der Waals surface area (Å²) in [5, 5.41) is 12.8. The molecule has 2 aliphatic rings. The maximum atomic E-state index is 9.12. The Morgan fingerprint density at radius 2 is 2.05 bits per heavy atom. The highest BCUT2D eigenvalue weighted by Crippen LogP contribution is 2.48. The van der Waals surface area contributed by atoms with Crippen LogP contribution in [0.15, 0.2) is 42.5 Å². The van der Waals surface area contributed by atoms with Gasteiger partial charge in [-0.1, -0.05) is 30.3 Å². The van der Waals surface area contributed by atoms with Crippen molar-refractivity contribution in [2.45, 2.75) is 24.9 Å². The van der Waals surface area contributed by atoms with Gasteiger partial charge in [0.05, 0.1) is 17.2 Å². The Kier molecular flexibility index (Phi) is 1.97. The number of nitriles is 1. The lowest BCUT2D eigenvalue weighted by Gasteiger charge is -2.34. The van der Waals surface area contributed by atoms with Gasteiger partial charge in [0.2, 0.25) is 0 Å². The monoisotopic (exact) mass is 246 g/mol. The third kappa shape index (κ3) is 1.28. The van der Waals surface area contributed by atoms with Crippen molar-refractivity contribution >= 4 is 0 Å². The SMILES string of the molecule is CC12NC(Cc3ccc(C#N)cc31)c1ccccc12. The largest absolute Gasteiger partial charge is 0.297 e. The minimum absolute atomic E-state index is 0.151. The van der Waals surface area contributed by atoms with Crippen LogP contribution in [0, 0.1) is 11.3 Å². The Morgan fingerprint density at radius 1 is 1.21 bits per heavy atom. The lowest BCUT2D eigenvalue weighted by molar-refractivity contribution is 0.388. The highest BCUT2D eigenvalue weighted by atomic mass is 15.1. The fourth-order valence-corrected chi connectivity index (χ4v) is 3.65. The van der Waals surface area contributed by atoms with Crippen LogP contribution in [0.5, 0.6) is 0 Å². The number of nitrogens with zero attached hydrogens (tertiary/aromatic N) is 1. The second-order valence-electron chi connectivity index (χ2n) is 5.60. The third-order valence-corrected chi connectivity index (χ3v) is 4.54. The first-order chi connectivity index (χ1) is 9.22. The average Bonchev–Trinajstić information content (AvgIpc) is 2.69. The number of hydrogen-bond acceptors (Lipinski definition) is 2. The summed E-state index contributed by atoms with van der Waals surface area (Å²) in [5.41, 5.74) is 5.97. The van der Waals surface area contributed by atoms with Gasteiger partial charge in [0, 0.05) is 6.04 Å². The predicted octanol–water partition coefficient (Wildman–Crippen LogP) is 3.02. The maximum absolute atomic E-state index is 9.12. The highest BCUT2D eigenvalue weighted by molar-refractivity contribution is 5.56. The molecule has 4 rings (SSSR count). The molecule has 1 N–H and O–H groups in total. The van der Waals surface area contributed by atoms with E-state index < -0.39 is 0 Å². The van der Waals surface area contributed by atoms with Crippen LogP contribution in [0.1, 0.15) is 40.8 Å². The topological polar surface area (TPSA) is 35.8 Å². The Balaban J connectivity index is 2.02. The number of fused-ring (bicyclic) bond motifs is 7. The van der Waals surface area contributed by atoms with E-state index in [-0.39, 0.29) is 5.54 Å². The molecule has 19 heavy (non-hydrogen) atoms. The second kappa shape index (κ2) is 3.46. The molecule has 2 aromatic rings. The first-order valence-corrected chi connectivity index (χ1v) is 6.63. The van der Waals surface area contributed by atoms with Gasteiger partial charge in [0.25, 0.3) is 0 Å². The zero-order valence-electron chi connectivity index (χ0n) is 10.8. The highest BCUT2D eigenvalue weighted by Gasteiger charge is 2.45. The standard InChI is InChI=1S/C17H14N2/c1-17-14-5-3-2-4-13(14)16(19-17)9-12-7-6-11(10-18)8-15(12)17/h2-8,16,19H,9H2,1H3. The van der Waals surface area contributed by atoms with Crippen molar-refractivity contribution in [3.8, 4) is 6.07 Å². The molecule has 2 heteroatoms. The Labute approximate surface area is 112 Å². The maximum Gasteiger partial charge on any atom is 0.0991 e. The lowest BCUT2D eigenvalue weighted by atomic mass is 9.81. The molecule has 2 heterocycles. The minimum Gasteiger partial charge on any atom is -0.297 e. The summed E-state index contributed by atoms with van der Waals surface area (Å²) in [6, 6.07) is 17.4. The van der Waals surface area contributed by atoms with E-state index >= 15 is 0 Å². The van der Waals surface area contributed by atoms with Crippen LogP contribution in [-0.4, -0.2) is 0 Å². The first kappa shape index (κ1) is 10.8. The molecule has 2 atom stereocenters. The molecule has 2 aliphatic heterocycles. The van der Waals surface area contributed by atoms with Crippen molar-refractivity contribution in [2.24, 2.45) is 0 Å². The summed E-state index contributed by atoms with van der Waals surface area (Å²) < 4.78 is 0. The third-order valence-electron chi connectivity index (χ3n) is 4.54. The molecule has 0 amide bonds. The quantitative estimate of drug-likeness (QED) is 0.775. The van der Waals surface area contributed by atoms with E-state index in [9.17, 15) is 0 Å². The molecule has 0 fully saturated rings. The van der Waals surface area contributed by atoms with Gasteiger partial charge in [-0.2, -0.15) is 5.26 Å². The normalized spacial score (nSPS) is 26.4. The number of rotatable bonds is 0. The molecular formula is C17H14N2.